The van der Waals surface area contributed by atoms with Gasteiger partial charge in [-0.2, -0.15) is 0 Å². The second kappa shape index (κ2) is 15.5. The maximum atomic E-state index is 14.2. The lowest BCUT2D eigenvalue weighted by molar-refractivity contribution is 0.0777. The molecule has 1 aliphatic heterocycles. The normalized spacial score (nSPS) is 15.0. The van der Waals surface area contributed by atoms with Crippen molar-refractivity contribution in [3.63, 3.8) is 0 Å². The largest absolute Gasteiger partial charge is 0.453 e. The van der Waals surface area contributed by atoms with Gasteiger partial charge < -0.3 is 25.3 Å². The number of hydrogen-bond acceptors (Lipinski definition) is 4. The van der Waals surface area contributed by atoms with E-state index in [1.54, 1.807) is 30.1 Å². The first kappa shape index (κ1) is 33.7. The Bertz CT molecular complexity index is 1260. The number of hydrogen-bond donors (Lipinski definition) is 1. The second-order valence-electron chi connectivity index (χ2n) is 10.1. The number of piperidine rings is 1. The summed E-state index contributed by atoms with van der Waals surface area (Å²) in [7, 11) is 3.09. The fourth-order valence-electron chi connectivity index (χ4n) is 5.33. The number of ether oxygens (including phenoxy) is 1. The molecule has 4 rings (SSSR count). The fraction of sp³-hybridized carbons (Fsp3) is 0.355. The third kappa shape index (κ3) is 8.48. The molecule has 1 unspecified atom stereocenters. The summed E-state index contributed by atoms with van der Waals surface area (Å²) in [5.41, 5.74) is 1.75. The number of carbonyl (C=O) groups is 2. The Morgan fingerprint density at radius 2 is 1.59 bits per heavy atom. The quantitative estimate of drug-likeness (QED) is 0.373. The Morgan fingerprint density at radius 1 is 0.976 bits per heavy atom. The Balaban J connectivity index is 0.00000294. The van der Waals surface area contributed by atoms with E-state index in [0.717, 1.165) is 24.7 Å². The highest BCUT2D eigenvalue weighted by Crippen LogP contribution is 2.34. The number of likely N-dealkylation sites (N-methyl/N-ethyl adjacent to an activating group) is 1. The van der Waals surface area contributed by atoms with Crippen molar-refractivity contribution in [1.82, 2.24) is 15.1 Å². The summed E-state index contributed by atoms with van der Waals surface area (Å²) < 4.78 is 32.8. The van der Waals surface area contributed by atoms with Crippen molar-refractivity contribution in [1.29, 1.82) is 0 Å². The van der Waals surface area contributed by atoms with Crippen LogP contribution >= 0.6 is 12.4 Å². The Hall–Kier alpha value is -3.53. The van der Waals surface area contributed by atoms with Crippen LogP contribution in [-0.2, 0) is 10.3 Å². The number of alkyl carbamates (subject to hydrolysis) is 1. The van der Waals surface area contributed by atoms with Gasteiger partial charge in [0.1, 0.15) is 0 Å². The number of benzene rings is 3. The number of methoxy groups -OCH3 is 1. The maximum Gasteiger partial charge on any atom is 0.407 e. The molecular weight excluding hydrogens is 552 g/mol. The van der Waals surface area contributed by atoms with Crippen LogP contribution in [0.3, 0.4) is 0 Å². The van der Waals surface area contributed by atoms with Crippen LogP contribution in [-0.4, -0.2) is 67.6 Å². The van der Waals surface area contributed by atoms with E-state index in [4.69, 9.17) is 4.74 Å². The van der Waals surface area contributed by atoms with E-state index in [9.17, 15) is 18.4 Å². The van der Waals surface area contributed by atoms with Crippen LogP contribution in [0.1, 0.15) is 46.7 Å². The van der Waals surface area contributed by atoms with Gasteiger partial charge in [0.05, 0.1) is 12.6 Å². The van der Waals surface area contributed by atoms with Crippen molar-refractivity contribution in [3.05, 3.63) is 107 Å². The first-order valence-corrected chi connectivity index (χ1v) is 13.2. The molecule has 1 heterocycles. The van der Waals surface area contributed by atoms with Crippen molar-refractivity contribution in [2.45, 2.75) is 30.7 Å². The van der Waals surface area contributed by atoms with Crippen molar-refractivity contribution < 1.29 is 28.6 Å². The summed E-state index contributed by atoms with van der Waals surface area (Å²) in [5, 5.41) is 3.07. The molecule has 0 aliphatic carbocycles. The number of rotatable bonds is 9. The Kier molecular flexibility index (Phi) is 12.7. The first-order chi connectivity index (χ1) is 18.8. The molecule has 10 heteroatoms. The first-order valence-electron chi connectivity index (χ1n) is 13.2. The summed E-state index contributed by atoms with van der Waals surface area (Å²) in [6.07, 6.45) is 1.60. The molecular formula is C31H38ClF2N3O4. The number of amides is 2. The summed E-state index contributed by atoms with van der Waals surface area (Å²) in [6.45, 7) is 2.55. The zero-order chi connectivity index (χ0) is 27.8. The van der Waals surface area contributed by atoms with E-state index in [0.29, 0.717) is 43.5 Å². The lowest BCUT2D eigenvalue weighted by atomic mass is 9.80. The van der Waals surface area contributed by atoms with Crippen molar-refractivity contribution >= 4 is 24.4 Å². The summed E-state index contributed by atoms with van der Waals surface area (Å²) in [4.78, 5) is 29.1. The number of halogens is 3. The molecule has 1 atom stereocenters. The average Bonchev–Trinajstić information content (AvgIpc) is 2.97. The molecule has 41 heavy (non-hydrogen) atoms. The predicted octanol–water partition coefficient (Wildman–Crippen LogP) is 5.16. The lowest BCUT2D eigenvalue weighted by Gasteiger charge is -2.42. The molecule has 7 nitrogen and oxygen atoms in total. The van der Waals surface area contributed by atoms with E-state index >= 15 is 0 Å². The Morgan fingerprint density at radius 3 is 2.17 bits per heavy atom. The summed E-state index contributed by atoms with van der Waals surface area (Å²) in [6, 6.07) is 22.9. The smallest absolute Gasteiger partial charge is 0.407 e. The highest BCUT2D eigenvalue weighted by atomic mass is 35.5. The minimum absolute atomic E-state index is 0. The molecule has 222 valence electrons. The van der Waals surface area contributed by atoms with Gasteiger partial charge in [0.2, 0.25) is 0 Å². The Labute approximate surface area is 246 Å². The van der Waals surface area contributed by atoms with Gasteiger partial charge in [-0.3, -0.25) is 4.79 Å². The zero-order valence-corrected chi connectivity index (χ0v) is 24.1. The van der Waals surface area contributed by atoms with Gasteiger partial charge in [0, 0.05) is 38.2 Å². The van der Waals surface area contributed by atoms with Crippen LogP contribution in [0, 0.1) is 11.6 Å². The number of nitrogens with one attached hydrogen (secondary N) is 1. The predicted molar refractivity (Wildman–Crippen MR) is 157 cm³/mol. The number of likely N-dealkylation sites (tertiary alicyclic amines) is 1. The van der Waals surface area contributed by atoms with Crippen molar-refractivity contribution in [2.75, 3.05) is 40.3 Å². The van der Waals surface area contributed by atoms with Gasteiger partial charge in [0.25, 0.3) is 5.91 Å². The van der Waals surface area contributed by atoms with E-state index in [-0.39, 0.29) is 29.7 Å². The molecule has 3 aromatic carbocycles. The molecule has 0 radical (unpaired) electrons. The van der Waals surface area contributed by atoms with Gasteiger partial charge in [-0.15, -0.1) is 12.4 Å². The molecule has 1 fully saturated rings. The topological polar surface area (TPSA) is 93.4 Å². The molecule has 3 aromatic rings. The van der Waals surface area contributed by atoms with Crippen LogP contribution in [0.15, 0.2) is 78.9 Å². The highest BCUT2D eigenvalue weighted by molar-refractivity contribution is 5.94. The number of nitrogens with zero attached hydrogens (tertiary/aromatic N) is 2. The molecule has 0 saturated carbocycles. The van der Waals surface area contributed by atoms with Crippen LogP contribution < -0.4 is 5.32 Å². The third-order valence-corrected chi connectivity index (χ3v) is 7.63. The average molecular weight is 590 g/mol. The third-order valence-electron chi connectivity index (χ3n) is 7.63. The van der Waals surface area contributed by atoms with Gasteiger partial charge in [0.15, 0.2) is 11.6 Å². The zero-order valence-electron chi connectivity index (χ0n) is 23.3. The van der Waals surface area contributed by atoms with Crippen LogP contribution in [0.2, 0.25) is 0 Å². The standard InChI is InChI=1S/C31H35F2N3O3.ClH.H2O/c1-35(29(37)23-9-5-3-6-10-23)22-25(24-13-14-27(32)28(33)21-24)15-18-36-19-16-31(17-20-36,34-30(38)39-2)26-11-7-4-8-12-26;;/h3-14,21,25H,15-20,22H2,1-2H3,(H,34,38);1H;1H2. The van der Waals surface area contributed by atoms with Crippen LogP contribution in [0.4, 0.5) is 13.6 Å². The van der Waals surface area contributed by atoms with E-state index in [1.807, 2.05) is 48.5 Å². The molecule has 1 saturated heterocycles. The second-order valence-corrected chi connectivity index (χ2v) is 10.1. The van der Waals surface area contributed by atoms with Gasteiger partial charge in [-0.1, -0.05) is 54.6 Å². The van der Waals surface area contributed by atoms with Gasteiger partial charge >= 0.3 is 6.09 Å². The molecule has 2 amide bonds. The van der Waals surface area contributed by atoms with Gasteiger partial charge in [-0.05, 0) is 61.2 Å². The minimum atomic E-state index is -0.894. The van der Waals surface area contributed by atoms with Gasteiger partial charge in [-0.25, -0.2) is 13.6 Å². The monoisotopic (exact) mass is 589 g/mol. The molecule has 0 aromatic heterocycles. The SMILES string of the molecule is COC(=O)NC1(c2ccccc2)CCN(CCC(CN(C)C(=O)c2ccccc2)c2ccc(F)c(F)c2)CC1.Cl.O. The van der Waals surface area contributed by atoms with E-state index in [1.165, 1.54) is 13.2 Å². The van der Waals surface area contributed by atoms with Crippen LogP contribution in [0.5, 0.6) is 0 Å². The summed E-state index contributed by atoms with van der Waals surface area (Å²) in [5.74, 6) is -2.10. The molecule has 3 N–H and O–H groups in total. The van der Waals surface area contributed by atoms with E-state index in [2.05, 4.69) is 10.2 Å². The van der Waals surface area contributed by atoms with Crippen LogP contribution in [0.25, 0.3) is 0 Å². The van der Waals surface area contributed by atoms with Crippen molar-refractivity contribution in [2.24, 2.45) is 0 Å². The van der Waals surface area contributed by atoms with E-state index < -0.39 is 23.3 Å². The minimum Gasteiger partial charge on any atom is -0.453 e. The maximum absolute atomic E-state index is 14.2. The fourth-order valence-corrected chi connectivity index (χ4v) is 5.33. The lowest BCUT2D eigenvalue weighted by Crippen LogP contribution is -2.53. The number of carbonyl (C=O) groups excluding carboxylic acids is 2. The molecule has 0 bridgehead atoms. The van der Waals surface area contributed by atoms with Crippen molar-refractivity contribution in [3.8, 4) is 0 Å². The molecule has 0 spiro atoms. The molecule has 1 aliphatic rings. The highest BCUT2D eigenvalue weighted by Gasteiger charge is 2.38. The summed E-state index contributed by atoms with van der Waals surface area (Å²) >= 11 is 0.